The number of benzene rings is 7. The van der Waals surface area contributed by atoms with Gasteiger partial charge in [-0.05, 0) is 118 Å². The minimum atomic E-state index is -3.85. The summed E-state index contributed by atoms with van der Waals surface area (Å²) >= 11 is 0. The Morgan fingerprint density at radius 3 is 1.11 bits per heavy atom. The van der Waals surface area contributed by atoms with Crippen molar-refractivity contribution in [3.05, 3.63) is 111 Å². The average Bonchev–Trinajstić information content (AvgIpc) is 3.04. The van der Waals surface area contributed by atoms with Crippen molar-refractivity contribution in [2.45, 2.75) is 225 Å². The molecule has 0 saturated carbocycles. The van der Waals surface area contributed by atoms with Gasteiger partial charge < -0.3 is 0 Å². The molecule has 10 heteroatoms. The van der Waals surface area contributed by atoms with E-state index in [1.165, 1.54) is 153 Å². The van der Waals surface area contributed by atoms with E-state index in [9.17, 15) is 18.0 Å². The van der Waals surface area contributed by atoms with E-state index in [0.29, 0.717) is 46.2 Å². The first-order chi connectivity index (χ1) is 40.2. The number of rotatable bonds is 35. The first-order valence-electron chi connectivity index (χ1n) is 32.6. The summed E-state index contributed by atoms with van der Waals surface area (Å²) in [5.74, 6) is 0. The van der Waals surface area contributed by atoms with E-state index in [1.807, 2.05) is 16.5 Å². The van der Waals surface area contributed by atoms with Crippen molar-refractivity contribution in [1.82, 2.24) is 23.1 Å². The second-order valence-electron chi connectivity index (χ2n) is 24.5. The van der Waals surface area contributed by atoms with E-state index in [1.54, 1.807) is 26.9 Å². The third kappa shape index (κ3) is 11.7. The van der Waals surface area contributed by atoms with E-state index in [0.717, 1.165) is 116 Å². The minimum Gasteiger partial charge on any atom is -0.268 e. The molecule has 0 radical (unpaired) electrons. The lowest BCUT2D eigenvalue weighted by atomic mass is 9.86. The van der Waals surface area contributed by atoms with Gasteiger partial charge in [-0.2, -0.15) is 4.31 Å². The molecule has 7 aromatic carbocycles. The van der Waals surface area contributed by atoms with Crippen molar-refractivity contribution in [1.29, 1.82) is 0 Å². The van der Waals surface area contributed by atoms with Crippen molar-refractivity contribution in [3.8, 4) is 0 Å². The zero-order valence-electron chi connectivity index (χ0n) is 49.7. The van der Waals surface area contributed by atoms with E-state index in [-0.39, 0.29) is 16.0 Å². The lowest BCUT2D eigenvalue weighted by Crippen LogP contribution is -2.33. The van der Waals surface area contributed by atoms with Crippen LogP contribution in [0.15, 0.2) is 99.4 Å². The van der Waals surface area contributed by atoms with Crippen molar-refractivity contribution in [2.75, 3.05) is 13.1 Å². The fourth-order valence-corrected chi connectivity index (χ4v) is 15.5. The molecule has 11 rings (SSSR count). The lowest BCUT2D eigenvalue weighted by molar-refractivity contribution is 0.383. The Balaban J connectivity index is 0.878. The molecule has 0 bridgehead atoms. The number of unbranched alkanes of at least 4 members (excludes halogenated alkanes) is 27. The highest BCUT2D eigenvalue weighted by Gasteiger charge is 2.27. The van der Waals surface area contributed by atoms with Crippen molar-refractivity contribution in [2.24, 2.45) is 0 Å². The smallest absolute Gasteiger partial charge is 0.264 e. The van der Waals surface area contributed by atoms with Gasteiger partial charge >= 0.3 is 0 Å². The van der Waals surface area contributed by atoms with Gasteiger partial charge in [-0.25, -0.2) is 18.4 Å². The number of sulfonamides is 1. The van der Waals surface area contributed by atoms with Crippen LogP contribution in [0.2, 0.25) is 0 Å². The molecule has 0 spiro atoms. The molecular formula is C72H89N5O4S. The fraction of sp³-hybridized carbons (Fsp3) is 0.500. The average molecular weight is 1120 g/mol. The maximum Gasteiger partial charge on any atom is 0.264 e. The Morgan fingerprint density at radius 1 is 0.366 bits per heavy atom. The van der Waals surface area contributed by atoms with Crippen LogP contribution < -0.4 is 11.1 Å². The highest BCUT2D eigenvalue weighted by atomic mass is 32.2. The van der Waals surface area contributed by atoms with Crippen molar-refractivity contribution in [3.63, 3.8) is 0 Å². The molecule has 0 saturated heterocycles. The van der Waals surface area contributed by atoms with Crippen molar-refractivity contribution >= 4 is 108 Å². The maximum atomic E-state index is 14.9. The summed E-state index contributed by atoms with van der Waals surface area (Å²) in [7, 11) is -3.85. The monoisotopic (exact) mass is 1120 g/mol. The van der Waals surface area contributed by atoms with Gasteiger partial charge in [0.05, 0.1) is 27.0 Å². The molecular weight excluding hydrogens is 1030 g/mol. The zero-order valence-corrected chi connectivity index (χ0v) is 50.5. The minimum absolute atomic E-state index is 0.0662. The summed E-state index contributed by atoms with van der Waals surface area (Å²) in [5, 5.41) is 10.9. The Bertz CT molecular complexity index is 4140. The van der Waals surface area contributed by atoms with Gasteiger partial charge in [0.1, 0.15) is 11.3 Å². The number of hydrogen-bond donors (Lipinski definition) is 0. The molecule has 0 atom stereocenters. The summed E-state index contributed by atoms with van der Waals surface area (Å²) in [6, 6.07) is 28.2. The van der Waals surface area contributed by atoms with Crippen LogP contribution in [0.25, 0.3) is 98.0 Å². The van der Waals surface area contributed by atoms with Gasteiger partial charge in [-0.3, -0.25) is 18.4 Å². The highest BCUT2D eigenvalue weighted by molar-refractivity contribution is 7.89. The van der Waals surface area contributed by atoms with Crippen LogP contribution in [0.3, 0.4) is 0 Å². The Morgan fingerprint density at radius 2 is 0.695 bits per heavy atom. The molecule has 0 amide bonds. The second-order valence-corrected chi connectivity index (χ2v) is 26.4. The predicted octanol–water partition coefficient (Wildman–Crippen LogP) is 19.5. The van der Waals surface area contributed by atoms with Crippen LogP contribution in [0.4, 0.5) is 0 Å². The topological polar surface area (TPSA) is 106 Å². The highest BCUT2D eigenvalue weighted by Crippen LogP contribution is 2.46. The largest absolute Gasteiger partial charge is 0.268 e. The number of pyridine rings is 2. The summed E-state index contributed by atoms with van der Waals surface area (Å²) in [5.41, 5.74) is 4.99. The SMILES string of the molecule is CCCCCCCCCCCCc1ccc2c(c1)nc1c3ccc4c5ccc6c7c(ccc(c8ccc(c(=O)n21)c3c84)c57)c(=O)n1c2ccc(S(=O)(=O)N(CCCCCCCCCCCC)CCCCCCCCCCCC)cc2nc61. The number of aryl methyl sites for hydroxylation is 1. The van der Waals surface area contributed by atoms with E-state index in [2.05, 4.69) is 75.4 Å². The molecule has 11 aromatic rings. The Kier molecular flexibility index (Phi) is 18.9. The van der Waals surface area contributed by atoms with Crippen molar-refractivity contribution < 1.29 is 8.42 Å². The standard InChI is InChI=1S/C72H89N5O4S/c1-4-7-10-13-16-19-22-25-28-31-34-51-35-45-63-61(49-51)73-69-57-41-37-53-54-38-42-58-68-60(44-40-56(66(54)68)55-39-43-59(67(57)65(53)55)71(78)76(63)69)72(79)77-64-46-36-52(50-62(64)74-70(58)77)82(80,81)75(47-32-29-26-23-20-17-14-11-8-5-2)48-33-30-27-24-21-18-15-12-9-6-3/h35-46,49-50H,4-34,47-48H2,1-3H3. The van der Waals surface area contributed by atoms with Crippen LogP contribution in [0.5, 0.6) is 0 Å². The molecule has 0 N–H and O–H groups in total. The zero-order chi connectivity index (χ0) is 56.6. The van der Waals surface area contributed by atoms with Gasteiger partial charge in [0.2, 0.25) is 10.0 Å². The number of imidazole rings is 2. The quantitative estimate of drug-likeness (QED) is 0.0223. The van der Waals surface area contributed by atoms with Crippen LogP contribution in [0.1, 0.15) is 219 Å². The molecule has 4 aromatic heterocycles. The van der Waals surface area contributed by atoms with Gasteiger partial charge in [0.15, 0.2) is 0 Å². The molecule has 432 valence electrons. The third-order valence-corrected chi connectivity index (χ3v) is 20.5. The summed E-state index contributed by atoms with van der Waals surface area (Å²) in [6.07, 6.45) is 38.0. The second kappa shape index (κ2) is 26.7. The molecule has 9 nitrogen and oxygen atoms in total. The van der Waals surface area contributed by atoms with Gasteiger partial charge in [0, 0.05) is 45.4 Å². The maximum absolute atomic E-state index is 14.9. The first kappa shape index (κ1) is 57.8. The molecule has 0 fully saturated rings. The van der Waals surface area contributed by atoms with Crippen LogP contribution in [-0.2, 0) is 16.4 Å². The Hall–Kier alpha value is -5.97. The lowest BCUT2D eigenvalue weighted by Gasteiger charge is -2.22. The van der Waals surface area contributed by atoms with Gasteiger partial charge in [0.25, 0.3) is 11.1 Å². The third-order valence-electron chi connectivity index (χ3n) is 18.6. The molecule has 0 aliphatic carbocycles. The number of nitrogens with zero attached hydrogens (tertiary/aromatic N) is 5. The van der Waals surface area contributed by atoms with Crippen LogP contribution in [0, 0.1) is 0 Å². The van der Waals surface area contributed by atoms with Crippen LogP contribution >= 0.6 is 0 Å². The van der Waals surface area contributed by atoms with E-state index >= 15 is 0 Å². The molecule has 4 heterocycles. The number of fused-ring (bicyclic) bond motifs is 10. The van der Waals surface area contributed by atoms with Gasteiger partial charge in [-0.15, -0.1) is 0 Å². The molecule has 82 heavy (non-hydrogen) atoms. The van der Waals surface area contributed by atoms with Gasteiger partial charge in [-0.1, -0.05) is 224 Å². The van der Waals surface area contributed by atoms with E-state index in [4.69, 9.17) is 9.97 Å². The first-order valence-corrected chi connectivity index (χ1v) is 34.0. The van der Waals surface area contributed by atoms with Crippen LogP contribution in [-0.4, -0.2) is 44.6 Å². The molecule has 0 aliphatic heterocycles. The molecule has 0 aliphatic rings. The summed E-state index contributed by atoms with van der Waals surface area (Å²) in [4.78, 5) is 40.2. The van der Waals surface area contributed by atoms with E-state index < -0.39 is 10.0 Å². The predicted molar refractivity (Wildman–Crippen MR) is 348 cm³/mol. The normalized spacial score (nSPS) is 12.8. The Labute approximate surface area is 485 Å². The number of hydrogen-bond acceptors (Lipinski definition) is 6. The fourth-order valence-electron chi connectivity index (χ4n) is 14.0. The number of aromatic nitrogens is 4. The molecule has 0 unspecified atom stereocenters. The summed E-state index contributed by atoms with van der Waals surface area (Å²) < 4.78 is 34.8. The summed E-state index contributed by atoms with van der Waals surface area (Å²) in [6.45, 7) is 7.80.